The molecule has 178 valence electrons. The summed E-state index contributed by atoms with van der Waals surface area (Å²) >= 11 is 0. The normalized spacial score (nSPS) is 14.0. The second kappa shape index (κ2) is 10.5. The number of ether oxygens (including phenoxy) is 1. The van der Waals surface area contributed by atoms with Crippen LogP contribution in [0.4, 0.5) is 15.9 Å². The number of piperazine rings is 1. The number of nitrogens with zero attached hydrogens (tertiary/aromatic N) is 4. The second-order valence-electron chi connectivity index (χ2n) is 7.61. The van der Waals surface area contributed by atoms with Crippen molar-refractivity contribution < 1.29 is 22.3 Å². The molecule has 2 aromatic carbocycles. The van der Waals surface area contributed by atoms with Crippen molar-refractivity contribution >= 4 is 27.4 Å². The van der Waals surface area contributed by atoms with E-state index >= 15 is 0 Å². The summed E-state index contributed by atoms with van der Waals surface area (Å²) < 4.78 is 45.9. The summed E-state index contributed by atoms with van der Waals surface area (Å²) in [5.41, 5.74) is 0.882. The fraction of sp³-hybridized carbons (Fsp3) is 0.261. The van der Waals surface area contributed by atoms with E-state index in [9.17, 15) is 17.6 Å². The molecule has 0 radical (unpaired) electrons. The number of amides is 1. The highest BCUT2D eigenvalue weighted by Gasteiger charge is 2.22. The molecule has 0 spiro atoms. The van der Waals surface area contributed by atoms with Crippen molar-refractivity contribution in [2.24, 2.45) is 0 Å². The van der Waals surface area contributed by atoms with E-state index in [1.54, 1.807) is 29.2 Å². The molecule has 9 nitrogen and oxygen atoms in total. The van der Waals surface area contributed by atoms with Crippen molar-refractivity contribution in [1.29, 1.82) is 0 Å². The van der Waals surface area contributed by atoms with Gasteiger partial charge in [-0.3, -0.25) is 9.52 Å². The van der Waals surface area contributed by atoms with Gasteiger partial charge in [0.2, 0.25) is 5.91 Å². The Morgan fingerprint density at radius 1 is 1.00 bits per heavy atom. The molecule has 4 rings (SSSR count). The van der Waals surface area contributed by atoms with Gasteiger partial charge in [-0.25, -0.2) is 22.8 Å². The van der Waals surface area contributed by atoms with E-state index in [1.165, 1.54) is 42.9 Å². The van der Waals surface area contributed by atoms with E-state index in [1.807, 2.05) is 0 Å². The summed E-state index contributed by atoms with van der Waals surface area (Å²) in [5.74, 6) is 0.384. The lowest BCUT2D eigenvalue weighted by atomic mass is 10.2. The zero-order valence-electron chi connectivity index (χ0n) is 18.3. The third-order valence-corrected chi connectivity index (χ3v) is 6.73. The Morgan fingerprint density at radius 3 is 2.35 bits per heavy atom. The van der Waals surface area contributed by atoms with Crippen LogP contribution >= 0.6 is 0 Å². The predicted octanol–water partition coefficient (Wildman–Crippen LogP) is 2.53. The number of aromatic nitrogens is 2. The van der Waals surface area contributed by atoms with Gasteiger partial charge in [-0.05, 0) is 54.6 Å². The van der Waals surface area contributed by atoms with Crippen molar-refractivity contribution in [2.45, 2.75) is 11.3 Å². The molecule has 0 atom stereocenters. The molecule has 1 N–H and O–H groups in total. The molecule has 0 bridgehead atoms. The maximum absolute atomic E-state index is 12.9. The van der Waals surface area contributed by atoms with E-state index in [-0.39, 0.29) is 35.5 Å². The van der Waals surface area contributed by atoms with Gasteiger partial charge in [0.1, 0.15) is 23.7 Å². The minimum absolute atomic E-state index is 0.000927. The highest BCUT2D eigenvalue weighted by Crippen LogP contribution is 2.21. The maximum Gasteiger partial charge on any atom is 0.263 e. The van der Waals surface area contributed by atoms with Crippen LogP contribution in [0, 0.1) is 5.82 Å². The molecule has 3 aromatic rings. The molecule has 1 amide bonds. The van der Waals surface area contributed by atoms with E-state index in [0.29, 0.717) is 31.9 Å². The van der Waals surface area contributed by atoms with Crippen LogP contribution in [-0.2, 0) is 14.8 Å². The highest BCUT2D eigenvalue weighted by atomic mass is 32.2. The Labute approximate surface area is 197 Å². The van der Waals surface area contributed by atoms with Crippen molar-refractivity contribution in [2.75, 3.05) is 42.4 Å². The number of benzene rings is 2. The van der Waals surface area contributed by atoms with Crippen LogP contribution in [0.3, 0.4) is 0 Å². The van der Waals surface area contributed by atoms with E-state index in [4.69, 9.17) is 4.74 Å². The first-order valence-electron chi connectivity index (χ1n) is 10.7. The first-order chi connectivity index (χ1) is 16.4. The van der Waals surface area contributed by atoms with Crippen molar-refractivity contribution in [3.8, 4) is 5.75 Å². The summed E-state index contributed by atoms with van der Waals surface area (Å²) in [7, 11) is -3.75. The molecular formula is C23H24FN5O4S. The lowest BCUT2D eigenvalue weighted by molar-refractivity contribution is -0.132. The molecular weight excluding hydrogens is 461 g/mol. The Kier molecular flexibility index (Phi) is 7.21. The molecule has 11 heteroatoms. The summed E-state index contributed by atoms with van der Waals surface area (Å²) in [4.78, 5) is 24.1. The van der Waals surface area contributed by atoms with Crippen molar-refractivity contribution in [3.63, 3.8) is 0 Å². The molecule has 1 aliphatic rings. The number of halogens is 1. The SMILES string of the molecule is O=C(CCOc1ccc(F)cc1)N1CCN(c2ccc(S(=O)(=O)Nc3ccncn3)cc2)CC1. The van der Waals surface area contributed by atoms with Gasteiger partial charge in [0.25, 0.3) is 10.0 Å². The average molecular weight is 486 g/mol. The number of carbonyl (C=O) groups excluding carboxylic acids is 1. The van der Waals surface area contributed by atoms with Crippen molar-refractivity contribution in [3.05, 3.63) is 72.9 Å². The van der Waals surface area contributed by atoms with Gasteiger partial charge in [0.05, 0.1) is 17.9 Å². The molecule has 1 fully saturated rings. The first-order valence-corrected chi connectivity index (χ1v) is 12.2. The minimum Gasteiger partial charge on any atom is -0.493 e. The number of carbonyl (C=O) groups is 1. The number of sulfonamides is 1. The average Bonchev–Trinajstić information content (AvgIpc) is 2.86. The van der Waals surface area contributed by atoms with Gasteiger partial charge < -0.3 is 14.5 Å². The quantitative estimate of drug-likeness (QED) is 0.523. The van der Waals surface area contributed by atoms with Crippen LogP contribution in [0.25, 0.3) is 0 Å². The summed E-state index contributed by atoms with van der Waals surface area (Å²) in [6, 6.07) is 13.8. The van der Waals surface area contributed by atoms with Crippen LogP contribution in [-0.4, -0.2) is 62.0 Å². The Hall–Kier alpha value is -3.73. The smallest absolute Gasteiger partial charge is 0.263 e. The summed E-state index contributed by atoms with van der Waals surface area (Å²) in [6.45, 7) is 2.62. The fourth-order valence-corrected chi connectivity index (χ4v) is 4.55. The molecule has 1 aliphatic heterocycles. The van der Waals surface area contributed by atoms with Gasteiger partial charge in [-0.2, -0.15) is 0 Å². The minimum atomic E-state index is -3.75. The van der Waals surface area contributed by atoms with Gasteiger partial charge in [-0.15, -0.1) is 0 Å². The van der Waals surface area contributed by atoms with E-state index in [0.717, 1.165) is 5.69 Å². The molecule has 34 heavy (non-hydrogen) atoms. The zero-order chi connectivity index (χ0) is 24.0. The third kappa shape index (κ3) is 5.98. The summed E-state index contributed by atoms with van der Waals surface area (Å²) in [5, 5.41) is 0. The van der Waals surface area contributed by atoms with Crippen LogP contribution in [0.2, 0.25) is 0 Å². The third-order valence-electron chi connectivity index (χ3n) is 5.36. The van der Waals surface area contributed by atoms with E-state index in [2.05, 4.69) is 19.6 Å². The number of nitrogens with one attached hydrogen (secondary N) is 1. The lowest BCUT2D eigenvalue weighted by Crippen LogP contribution is -2.49. The molecule has 0 saturated carbocycles. The molecule has 0 unspecified atom stereocenters. The number of rotatable bonds is 8. The Bertz CT molecular complexity index is 1200. The zero-order valence-corrected chi connectivity index (χ0v) is 19.1. The molecule has 0 aliphatic carbocycles. The first kappa shape index (κ1) is 23.4. The Morgan fingerprint density at radius 2 is 1.71 bits per heavy atom. The standard InChI is InChI=1S/C23H24FN5O4S/c24-18-1-5-20(6-2-18)33-16-10-23(30)29-14-12-28(13-15-29)19-3-7-21(8-4-19)34(31,32)27-22-9-11-25-17-26-22/h1-9,11,17H,10,12-16H2,(H,25,26,27). The fourth-order valence-electron chi connectivity index (χ4n) is 3.54. The van der Waals surface area contributed by atoms with E-state index < -0.39 is 10.0 Å². The predicted molar refractivity (Wildman–Crippen MR) is 125 cm³/mol. The largest absolute Gasteiger partial charge is 0.493 e. The topological polar surface area (TPSA) is 105 Å². The number of hydrogen-bond donors (Lipinski definition) is 1. The Balaban J connectivity index is 1.25. The highest BCUT2D eigenvalue weighted by molar-refractivity contribution is 7.92. The molecule has 1 saturated heterocycles. The second-order valence-corrected chi connectivity index (χ2v) is 9.30. The van der Waals surface area contributed by atoms with Crippen LogP contribution in [0.5, 0.6) is 5.75 Å². The number of anilines is 2. The molecule has 2 heterocycles. The summed E-state index contributed by atoms with van der Waals surface area (Å²) in [6.07, 6.45) is 2.96. The van der Waals surface area contributed by atoms with Gasteiger partial charge in [-0.1, -0.05) is 0 Å². The number of hydrogen-bond acceptors (Lipinski definition) is 7. The van der Waals surface area contributed by atoms with Gasteiger partial charge >= 0.3 is 0 Å². The van der Waals surface area contributed by atoms with Crippen molar-refractivity contribution in [1.82, 2.24) is 14.9 Å². The monoisotopic (exact) mass is 485 g/mol. The van der Waals surface area contributed by atoms with Crippen LogP contribution < -0.4 is 14.4 Å². The van der Waals surface area contributed by atoms with Gasteiger partial charge in [0.15, 0.2) is 0 Å². The van der Waals surface area contributed by atoms with Crippen LogP contribution in [0.15, 0.2) is 72.0 Å². The molecule has 1 aromatic heterocycles. The lowest BCUT2D eigenvalue weighted by Gasteiger charge is -2.36. The van der Waals surface area contributed by atoms with Crippen LogP contribution in [0.1, 0.15) is 6.42 Å². The maximum atomic E-state index is 12.9. The van der Waals surface area contributed by atoms with Gasteiger partial charge in [0, 0.05) is 38.1 Å².